The Morgan fingerprint density at radius 2 is 1.88 bits per heavy atom. The molecule has 162 valence electrons. The summed E-state index contributed by atoms with van der Waals surface area (Å²) in [7, 11) is 0. The first-order valence-electron chi connectivity index (χ1n) is 10.4. The quantitative estimate of drug-likeness (QED) is 0.341. The van der Waals surface area contributed by atoms with Crippen LogP contribution in [0.25, 0.3) is 10.2 Å². The van der Waals surface area contributed by atoms with Gasteiger partial charge in [0.15, 0.2) is 5.11 Å². The number of fused-ring (bicyclic) bond motifs is 1. The molecule has 0 aliphatic rings. The second kappa shape index (κ2) is 10.3. The molecule has 0 spiro atoms. The van der Waals surface area contributed by atoms with Crippen molar-refractivity contribution < 1.29 is 9.53 Å². The minimum Gasteiger partial charge on any atom is -0.494 e. The average molecular weight is 462 g/mol. The van der Waals surface area contributed by atoms with Gasteiger partial charge < -0.3 is 10.1 Å². The number of aromatic nitrogens is 1. The van der Waals surface area contributed by atoms with Crippen molar-refractivity contribution in [2.24, 2.45) is 0 Å². The zero-order valence-corrected chi connectivity index (χ0v) is 19.3. The number of carbonyl (C=O) groups excluding carboxylic acids is 1. The highest BCUT2D eigenvalue weighted by molar-refractivity contribution is 7.80. The van der Waals surface area contributed by atoms with Gasteiger partial charge in [-0.25, -0.2) is 4.98 Å². The van der Waals surface area contributed by atoms with E-state index in [0.717, 1.165) is 34.6 Å². The number of hydrogen-bond donors (Lipinski definition) is 2. The van der Waals surface area contributed by atoms with Crippen LogP contribution in [-0.2, 0) is 6.42 Å². The summed E-state index contributed by atoms with van der Waals surface area (Å²) in [5.74, 6) is 0.388. The van der Waals surface area contributed by atoms with E-state index in [1.165, 1.54) is 4.70 Å². The van der Waals surface area contributed by atoms with Gasteiger partial charge in [-0.1, -0.05) is 37.3 Å². The Balaban J connectivity index is 1.33. The van der Waals surface area contributed by atoms with Gasteiger partial charge in [0, 0.05) is 17.7 Å². The first-order valence-corrected chi connectivity index (χ1v) is 11.6. The van der Waals surface area contributed by atoms with Crippen LogP contribution in [0.15, 0.2) is 72.8 Å². The second-order valence-corrected chi connectivity index (χ2v) is 8.76. The van der Waals surface area contributed by atoms with Crippen LogP contribution in [0.2, 0.25) is 0 Å². The van der Waals surface area contributed by atoms with Gasteiger partial charge in [-0.2, -0.15) is 0 Å². The van der Waals surface area contributed by atoms with Gasteiger partial charge in [-0.05, 0) is 66.7 Å². The molecule has 0 atom stereocenters. The molecule has 0 radical (unpaired) electrons. The summed E-state index contributed by atoms with van der Waals surface area (Å²) in [6.45, 7) is 2.65. The standard InChI is InChI=1S/C25H23N3O2S2/c1-2-14-30-20-7-5-6-18(16-20)24(29)28-25(31)26-19-12-10-17(11-13-19)15-23-27-21-8-3-4-9-22(21)32-23/h3-13,16H,2,14-15H2,1H3,(H2,26,28,29,31). The summed E-state index contributed by atoms with van der Waals surface area (Å²) < 4.78 is 6.78. The van der Waals surface area contributed by atoms with E-state index in [1.807, 2.05) is 55.5 Å². The fourth-order valence-corrected chi connectivity index (χ4v) is 4.37. The van der Waals surface area contributed by atoms with Crippen molar-refractivity contribution in [2.75, 3.05) is 11.9 Å². The summed E-state index contributed by atoms with van der Waals surface area (Å²) in [5, 5.41) is 7.10. The lowest BCUT2D eigenvalue weighted by Gasteiger charge is -2.11. The minimum atomic E-state index is -0.281. The maximum absolute atomic E-state index is 12.5. The predicted molar refractivity (Wildman–Crippen MR) is 135 cm³/mol. The van der Waals surface area contributed by atoms with Crippen molar-refractivity contribution >= 4 is 50.5 Å². The van der Waals surface area contributed by atoms with Gasteiger partial charge in [-0.15, -0.1) is 11.3 Å². The number of ether oxygens (including phenoxy) is 1. The summed E-state index contributed by atoms with van der Waals surface area (Å²) >= 11 is 7.02. The molecule has 4 aromatic rings. The Labute approximate surface area is 196 Å². The summed E-state index contributed by atoms with van der Waals surface area (Å²) in [4.78, 5) is 17.2. The summed E-state index contributed by atoms with van der Waals surface area (Å²) in [6, 6.07) is 23.2. The van der Waals surface area contributed by atoms with Crippen molar-refractivity contribution in [2.45, 2.75) is 19.8 Å². The van der Waals surface area contributed by atoms with Crippen LogP contribution in [0.4, 0.5) is 5.69 Å². The van der Waals surface area contributed by atoms with Gasteiger partial charge >= 0.3 is 0 Å². The zero-order valence-electron chi connectivity index (χ0n) is 17.6. The molecule has 1 amide bonds. The van der Waals surface area contributed by atoms with Gasteiger partial charge in [0.05, 0.1) is 21.8 Å². The Morgan fingerprint density at radius 3 is 2.66 bits per heavy atom. The average Bonchev–Trinajstić information content (AvgIpc) is 3.21. The second-order valence-electron chi connectivity index (χ2n) is 7.23. The number of benzene rings is 3. The molecule has 0 bridgehead atoms. The van der Waals surface area contributed by atoms with E-state index in [2.05, 4.69) is 21.7 Å². The predicted octanol–water partition coefficient (Wildman–Crippen LogP) is 5.80. The molecule has 1 aromatic heterocycles. The highest BCUT2D eigenvalue weighted by Gasteiger charge is 2.10. The summed E-state index contributed by atoms with van der Waals surface area (Å²) in [5.41, 5.74) is 3.50. The van der Waals surface area contributed by atoms with E-state index in [4.69, 9.17) is 17.0 Å². The van der Waals surface area contributed by atoms with Gasteiger partial charge in [-0.3, -0.25) is 10.1 Å². The van der Waals surface area contributed by atoms with Gasteiger partial charge in [0.25, 0.3) is 5.91 Å². The van der Waals surface area contributed by atoms with Crippen molar-refractivity contribution in [3.8, 4) is 5.75 Å². The van der Waals surface area contributed by atoms with Gasteiger partial charge in [0.1, 0.15) is 5.75 Å². The van der Waals surface area contributed by atoms with E-state index >= 15 is 0 Å². The van der Waals surface area contributed by atoms with Crippen LogP contribution in [0.5, 0.6) is 5.75 Å². The zero-order chi connectivity index (χ0) is 22.3. The number of thiocarbonyl (C=S) groups is 1. The lowest BCUT2D eigenvalue weighted by molar-refractivity contribution is 0.0977. The highest BCUT2D eigenvalue weighted by atomic mass is 32.1. The number of para-hydroxylation sites is 1. The SMILES string of the molecule is CCCOc1cccc(C(=O)NC(=S)Nc2ccc(Cc3nc4ccccc4s3)cc2)c1. The molecular weight excluding hydrogens is 438 g/mol. The molecular formula is C25H23N3O2S2. The number of nitrogens with zero attached hydrogens (tertiary/aromatic N) is 1. The lowest BCUT2D eigenvalue weighted by Crippen LogP contribution is -2.34. The van der Waals surface area contributed by atoms with E-state index in [9.17, 15) is 4.79 Å². The van der Waals surface area contributed by atoms with Crippen molar-refractivity contribution in [3.63, 3.8) is 0 Å². The monoisotopic (exact) mass is 461 g/mol. The number of anilines is 1. The van der Waals surface area contributed by atoms with E-state index in [1.54, 1.807) is 29.5 Å². The third kappa shape index (κ3) is 5.69. The molecule has 4 rings (SSSR count). The molecule has 0 fully saturated rings. The smallest absolute Gasteiger partial charge is 0.257 e. The van der Waals surface area contributed by atoms with E-state index < -0.39 is 0 Å². The first-order chi connectivity index (χ1) is 15.6. The van der Waals surface area contributed by atoms with Crippen LogP contribution in [0, 0.1) is 0 Å². The number of thiazole rings is 1. The Bertz CT molecular complexity index is 1200. The molecule has 0 unspecified atom stereocenters. The number of hydrogen-bond acceptors (Lipinski definition) is 5. The first kappa shape index (κ1) is 21.9. The molecule has 7 heteroatoms. The molecule has 5 nitrogen and oxygen atoms in total. The molecule has 3 aromatic carbocycles. The van der Waals surface area contributed by atoms with Crippen molar-refractivity contribution in [1.82, 2.24) is 10.3 Å². The largest absolute Gasteiger partial charge is 0.494 e. The Kier molecular flexibility index (Phi) is 7.09. The number of carbonyl (C=O) groups is 1. The number of amides is 1. The highest BCUT2D eigenvalue weighted by Crippen LogP contribution is 2.24. The van der Waals surface area contributed by atoms with Crippen LogP contribution in [0.1, 0.15) is 34.3 Å². The van der Waals surface area contributed by atoms with Crippen LogP contribution < -0.4 is 15.4 Å². The molecule has 0 aliphatic carbocycles. The van der Waals surface area contributed by atoms with Crippen LogP contribution in [0.3, 0.4) is 0 Å². The van der Waals surface area contributed by atoms with E-state index in [0.29, 0.717) is 17.9 Å². The summed E-state index contributed by atoms with van der Waals surface area (Å²) in [6.07, 6.45) is 1.68. The van der Waals surface area contributed by atoms with Crippen molar-refractivity contribution in [3.05, 3.63) is 88.9 Å². The molecule has 0 saturated heterocycles. The van der Waals surface area contributed by atoms with E-state index in [-0.39, 0.29) is 11.0 Å². The molecule has 2 N–H and O–H groups in total. The third-order valence-electron chi connectivity index (χ3n) is 4.70. The Hall–Kier alpha value is -3.29. The van der Waals surface area contributed by atoms with Crippen LogP contribution >= 0.6 is 23.6 Å². The molecule has 32 heavy (non-hydrogen) atoms. The minimum absolute atomic E-state index is 0.244. The maximum atomic E-state index is 12.5. The van der Waals surface area contributed by atoms with Gasteiger partial charge in [0.2, 0.25) is 0 Å². The lowest BCUT2D eigenvalue weighted by atomic mass is 10.1. The number of nitrogens with one attached hydrogen (secondary N) is 2. The normalized spacial score (nSPS) is 10.7. The fraction of sp³-hybridized carbons (Fsp3) is 0.160. The number of rotatable bonds is 7. The maximum Gasteiger partial charge on any atom is 0.257 e. The Morgan fingerprint density at radius 1 is 1.06 bits per heavy atom. The molecule has 0 aliphatic heterocycles. The fourth-order valence-electron chi connectivity index (χ4n) is 3.16. The third-order valence-corrected chi connectivity index (χ3v) is 5.94. The molecule has 1 heterocycles. The topological polar surface area (TPSA) is 63.2 Å². The van der Waals surface area contributed by atoms with Crippen molar-refractivity contribution in [1.29, 1.82) is 0 Å². The molecule has 0 saturated carbocycles. The van der Waals surface area contributed by atoms with Crippen LogP contribution in [-0.4, -0.2) is 22.6 Å².